The number of hydrogen-bond acceptors (Lipinski definition) is 6. The first-order chi connectivity index (χ1) is 17.5. The van der Waals surface area contributed by atoms with Crippen LogP contribution < -0.4 is 16.0 Å². The summed E-state index contributed by atoms with van der Waals surface area (Å²) in [6, 6.07) is 15.6. The molecule has 1 aliphatic rings. The van der Waals surface area contributed by atoms with Crippen LogP contribution >= 0.6 is 11.6 Å². The molecule has 9 heteroatoms. The van der Waals surface area contributed by atoms with Gasteiger partial charge in [0.2, 0.25) is 0 Å². The molecular formula is C27H37ClN4O4. The highest BCUT2D eigenvalue weighted by molar-refractivity contribution is 6.30. The first kappa shape index (κ1) is 27.9. The van der Waals surface area contributed by atoms with Gasteiger partial charge in [0.15, 0.2) is 0 Å². The van der Waals surface area contributed by atoms with Crippen LogP contribution in [0, 0.1) is 11.3 Å². The fraction of sp³-hybridized carbons (Fsp3) is 0.481. The quantitative estimate of drug-likeness (QED) is 0.192. The van der Waals surface area contributed by atoms with Gasteiger partial charge >= 0.3 is 6.09 Å². The Morgan fingerprint density at radius 2 is 1.86 bits per heavy atom. The van der Waals surface area contributed by atoms with Crippen LogP contribution in [-0.4, -0.2) is 65.0 Å². The maximum Gasteiger partial charge on any atom is 0.406 e. The Kier molecular flexibility index (Phi) is 11.5. The fourth-order valence-corrected chi connectivity index (χ4v) is 4.53. The zero-order valence-corrected chi connectivity index (χ0v) is 21.8. The Morgan fingerprint density at radius 1 is 1.14 bits per heavy atom. The van der Waals surface area contributed by atoms with Crippen LogP contribution in [0.15, 0.2) is 48.5 Å². The molecule has 0 aromatic heterocycles. The SMILES string of the molecule is CNC(CNC(=N)c1cccc([C@H](OCCNC(=O)OC)c2cccc(Cl)c2)c1)CC1CCOCC1. The number of carbonyl (C=O) groups is 1. The Morgan fingerprint density at radius 3 is 2.56 bits per heavy atom. The summed E-state index contributed by atoms with van der Waals surface area (Å²) in [7, 11) is 3.29. The number of alkyl carbamates (subject to hydrolysis) is 1. The van der Waals surface area contributed by atoms with E-state index in [1.165, 1.54) is 7.11 Å². The van der Waals surface area contributed by atoms with Crippen molar-refractivity contribution in [1.82, 2.24) is 16.0 Å². The number of likely N-dealkylation sites (N-methyl/N-ethyl adjacent to an activating group) is 1. The molecule has 2 aromatic carbocycles. The Balaban J connectivity index is 1.66. The van der Waals surface area contributed by atoms with Gasteiger partial charge in [0, 0.05) is 42.9 Å². The molecule has 1 aliphatic heterocycles. The molecule has 0 aliphatic carbocycles. The Hall–Kier alpha value is -2.65. The van der Waals surface area contributed by atoms with Crippen LogP contribution in [0.25, 0.3) is 0 Å². The lowest BCUT2D eigenvalue weighted by atomic mass is 9.92. The number of rotatable bonds is 12. The van der Waals surface area contributed by atoms with Crippen LogP contribution in [0.3, 0.4) is 0 Å². The van der Waals surface area contributed by atoms with Crippen molar-refractivity contribution < 1.29 is 19.0 Å². The van der Waals surface area contributed by atoms with Gasteiger partial charge in [0.25, 0.3) is 0 Å². The largest absolute Gasteiger partial charge is 0.453 e. The second-order valence-corrected chi connectivity index (χ2v) is 9.32. The summed E-state index contributed by atoms with van der Waals surface area (Å²) >= 11 is 6.25. The van der Waals surface area contributed by atoms with Crippen LogP contribution in [-0.2, 0) is 14.2 Å². The lowest BCUT2D eigenvalue weighted by Crippen LogP contribution is -2.41. The number of halogens is 1. The molecule has 3 rings (SSSR count). The highest BCUT2D eigenvalue weighted by Crippen LogP contribution is 2.28. The van der Waals surface area contributed by atoms with Crippen molar-refractivity contribution in [3.05, 3.63) is 70.2 Å². The van der Waals surface area contributed by atoms with E-state index >= 15 is 0 Å². The van der Waals surface area contributed by atoms with E-state index in [4.69, 9.17) is 26.5 Å². The number of methoxy groups -OCH3 is 1. The average Bonchev–Trinajstić information content (AvgIpc) is 2.91. The molecule has 8 nitrogen and oxygen atoms in total. The molecule has 1 fully saturated rings. The van der Waals surface area contributed by atoms with Gasteiger partial charge in [-0.25, -0.2) is 4.79 Å². The van der Waals surface area contributed by atoms with E-state index in [0.29, 0.717) is 29.9 Å². The number of hydrogen-bond donors (Lipinski definition) is 4. The van der Waals surface area contributed by atoms with E-state index in [9.17, 15) is 4.79 Å². The summed E-state index contributed by atoms with van der Waals surface area (Å²) in [5, 5.41) is 18.6. The third kappa shape index (κ3) is 8.78. The molecule has 196 valence electrons. The minimum Gasteiger partial charge on any atom is -0.453 e. The van der Waals surface area contributed by atoms with Crippen LogP contribution in [0.4, 0.5) is 4.79 Å². The number of benzene rings is 2. The van der Waals surface area contributed by atoms with Crippen molar-refractivity contribution in [3.63, 3.8) is 0 Å². The van der Waals surface area contributed by atoms with Gasteiger partial charge in [-0.3, -0.25) is 5.41 Å². The van der Waals surface area contributed by atoms with E-state index in [0.717, 1.165) is 49.2 Å². The summed E-state index contributed by atoms with van der Waals surface area (Å²) in [6.07, 6.45) is 2.34. The monoisotopic (exact) mass is 516 g/mol. The minimum atomic E-state index is -0.504. The second kappa shape index (κ2) is 14.8. The predicted molar refractivity (Wildman–Crippen MR) is 142 cm³/mol. The van der Waals surface area contributed by atoms with Gasteiger partial charge in [-0.15, -0.1) is 0 Å². The fourth-order valence-electron chi connectivity index (χ4n) is 4.33. The van der Waals surface area contributed by atoms with Crippen molar-refractivity contribution in [2.45, 2.75) is 31.4 Å². The van der Waals surface area contributed by atoms with E-state index in [1.807, 2.05) is 55.6 Å². The number of carbonyl (C=O) groups excluding carboxylic acids is 1. The molecule has 36 heavy (non-hydrogen) atoms. The zero-order valence-electron chi connectivity index (χ0n) is 21.0. The number of amidine groups is 1. The predicted octanol–water partition coefficient (Wildman–Crippen LogP) is 4.12. The van der Waals surface area contributed by atoms with E-state index < -0.39 is 12.2 Å². The van der Waals surface area contributed by atoms with Crippen molar-refractivity contribution in [3.8, 4) is 0 Å². The normalized spacial score (nSPS) is 15.6. The summed E-state index contributed by atoms with van der Waals surface area (Å²) in [5.41, 5.74) is 2.56. The van der Waals surface area contributed by atoms with Gasteiger partial charge in [0.1, 0.15) is 11.9 Å². The maximum absolute atomic E-state index is 11.4. The van der Waals surface area contributed by atoms with E-state index in [1.54, 1.807) is 0 Å². The second-order valence-electron chi connectivity index (χ2n) is 8.88. The minimum absolute atomic E-state index is 0.279. The van der Waals surface area contributed by atoms with E-state index in [-0.39, 0.29) is 12.6 Å². The molecule has 2 atom stereocenters. The van der Waals surface area contributed by atoms with Crippen LogP contribution in [0.1, 0.15) is 42.1 Å². The van der Waals surface area contributed by atoms with Gasteiger partial charge < -0.3 is 30.2 Å². The maximum atomic E-state index is 11.4. The smallest absolute Gasteiger partial charge is 0.406 e. The molecule has 1 amide bonds. The molecule has 0 spiro atoms. The summed E-state index contributed by atoms with van der Waals surface area (Å²) in [6.45, 7) is 2.93. The van der Waals surface area contributed by atoms with E-state index in [2.05, 4.69) is 20.7 Å². The van der Waals surface area contributed by atoms with Crippen molar-refractivity contribution in [2.24, 2.45) is 5.92 Å². The first-order valence-electron chi connectivity index (χ1n) is 12.4. The average molecular weight is 517 g/mol. The molecule has 0 radical (unpaired) electrons. The first-order valence-corrected chi connectivity index (χ1v) is 12.7. The summed E-state index contributed by atoms with van der Waals surface area (Å²) in [5.74, 6) is 1.01. The van der Waals surface area contributed by atoms with Gasteiger partial charge in [-0.2, -0.15) is 0 Å². The molecule has 4 N–H and O–H groups in total. The molecule has 2 aromatic rings. The van der Waals surface area contributed by atoms with Crippen molar-refractivity contribution in [2.75, 3.05) is 47.1 Å². The van der Waals surface area contributed by atoms with Crippen LogP contribution in [0.2, 0.25) is 5.02 Å². The molecule has 0 saturated carbocycles. The highest BCUT2D eigenvalue weighted by atomic mass is 35.5. The lowest BCUT2D eigenvalue weighted by molar-refractivity contribution is 0.0609. The topological polar surface area (TPSA) is 105 Å². The Labute approximate surface area is 218 Å². The summed E-state index contributed by atoms with van der Waals surface area (Å²) in [4.78, 5) is 11.4. The summed E-state index contributed by atoms with van der Waals surface area (Å²) < 4.78 is 16.2. The van der Waals surface area contributed by atoms with Crippen molar-refractivity contribution >= 4 is 23.5 Å². The molecule has 1 saturated heterocycles. The van der Waals surface area contributed by atoms with Gasteiger partial charge in [-0.05, 0) is 61.6 Å². The van der Waals surface area contributed by atoms with Gasteiger partial charge in [-0.1, -0.05) is 41.9 Å². The standard InChI is InChI=1S/C27H37ClN4O4/c1-30-24(15-19-9-12-35-13-10-19)18-32-26(29)22-7-3-5-20(16-22)25(21-6-4-8-23(28)17-21)36-14-11-31-27(33)34-2/h3-8,16-17,19,24-25,30H,9-15,18H2,1-2H3,(H2,29,32)(H,31,33)/t24?,25-/m0/s1. The van der Waals surface area contributed by atoms with Crippen LogP contribution in [0.5, 0.6) is 0 Å². The Bertz CT molecular complexity index is 984. The molecule has 1 unspecified atom stereocenters. The van der Waals surface area contributed by atoms with Crippen molar-refractivity contribution in [1.29, 1.82) is 5.41 Å². The number of ether oxygens (including phenoxy) is 3. The zero-order chi connectivity index (χ0) is 25.8. The molecule has 0 bridgehead atoms. The number of amides is 1. The van der Waals surface area contributed by atoms with Gasteiger partial charge in [0.05, 0.1) is 13.7 Å². The number of nitrogens with one attached hydrogen (secondary N) is 4. The lowest BCUT2D eigenvalue weighted by Gasteiger charge is -2.27. The third-order valence-corrected chi connectivity index (χ3v) is 6.60. The molecule has 1 heterocycles. The molecular weight excluding hydrogens is 480 g/mol. The third-order valence-electron chi connectivity index (χ3n) is 6.36. The highest BCUT2D eigenvalue weighted by Gasteiger charge is 2.20.